The molecule has 1 aromatic carbocycles. The molecule has 6 heteroatoms. The van der Waals surface area contributed by atoms with Gasteiger partial charge in [-0.1, -0.05) is 30.3 Å². The smallest absolute Gasteiger partial charge is 0.456 e. The number of benzene rings is 1. The number of aromatic nitrogens is 1. The van der Waals surface area contributed by atoms with Gasteiger partial charge in [0, 0.05) is 11.7 Å². The van der Waals surface area contributed by atoms with Crippen LogP contribution in [0.1, 0.15) is 16.1 Å². The van der Waals surface area contributed by atoms with Crippen molar-refractivity contribution in [3.8, 4) is 0 Å². The minimum absolute atomic E-state index is 0.176. The van der Waals surface area contributed by atoms with E-state index in [0.717, 1.165) is 5.56 Å². The fraction of sp³-hybridized carbons (Fsp3) is 0.0833. The molecule has 2 aromatic rings. The Morgan fingerprint density at radius 2 is 2.00 bits per heavy atom. The van der Waals surface area contributed by atoms with Crippen LogP contribution in [0.5, 0.6) is 0 Å². The van der Waals surface area contributed by atoms with E-state index in [-0.39, 0.29) is 17.8 Å². The van der Waals surface area contributed by atoms with E-state index in [1.165, 1.54) is 12.3 Å². The van der Waals surface area contributed by atoms with Gasteiger partial charge in [0.05, 0.1) is 0 Å². The molecule has 3 N–H and O–H groups in total. The molecule has 0 unspecified atom stereocenters. The highest BCUT2D eigenvalue weighted by atomic mass is 16.5. The van der Waals surface area contributed by atoms with Crippen molar-refractivity contribution in [3.05, 3.63) is 53.9 Å². The number of H-pyrrole nitrogens is 1. The van der Waals surface area contributed by atoms with Gasteiger partial charge in [-0.15, -0.1) is 0 Å². The van der Waals surface area contributed by atoms with Crippen LogP contribution in [-0.4, -0.2) is 28.1 Å². The van der Waals surface area contributed by atoms with E-state index in [2.05, 4.69) is 4.98 Å². The van der Waals surface area contributed by atoms with Crippen molar-refractivity contribution in [1.29, 1.82) is 0 Å². The van der Waals surface area contributed by atoms with Gasteiger partial charge in [0.2, 0.25) is 0 Å². The van der Waals surface area contributed by atoms with E-state index in [1.54, 1.807) is 0 Å². The molecule has 0 saturated carbocycles. The molecule has 0 radical (unpaired) electrons. The number of carbonyl (C=O) groups is 1. The topological polar surface area (TPSA) is 82.6 Å². The maximum absolute atomic E-state index is 11.6. The minimum atomic E-state index is -1.60. The summed E-state index contributed by atoms with van der Waals surface area (Å²) in [6.45, 7) is 0.176. The number of carbonyl (C=O) groups excluding carboxylic acids is 1. The van der Waals surface area contributed by atoms with Crippen LogP contribution in [0.2, 0.25) is 0 Å². The minimum Gasteiger partial charge on any atom is -0.456 e. The van der Waals surface area contributed by atoms with Crippen LogP contribution in [0.25, 0.3) is 0 Å². The summed E-state index contributed by atoms with van der Waals surface area (Å²) < 4.78 is 5.07. The average molecular weight is 245 g/mol. The Bertz CT molecular complexity index is 524. The normalized spacial score (nSPS) is 10.1. The fourth-order valence-corrected chi connectivity index (χ4v) is 1.48. The van der Waals surface area contributed by atoms with E-state index >= 15 is 0 Å². The third kappa shape index (κ3) is 3.00. The number of esters is 1. The van der Waals surface area contributed by atoms with Crippen molar-refractivity contribution in [2.45, 2.75) is 6.61 Å². The molecule has 0 atom stereocenters. The molecule has 0 fully saturated rings. The lowest BCUT2D eigenvalue weighted by Crippen LogP contribution is -2.28. The van der Waals surface area contributed by atoms with E-state index in [0.29, 0.717) is 0 Å². The summed E-state index contributed by atoms with van der Waals surface area (Å²) >= 11 is 0. The SMILES string of the molecule is O=C(OCc1ccccc1)c1cc(B(O)O)c[nH]1. The molecule has 0 saturated heterocycles. The molecule has 0 spiro atoms. The number of hydrogen-bond donors (Lipinski definition) is 3. The van der Waals surface area contributed by atoms with Gasteiger partial charge in [0.15, 0.2) is 0 Å². The van der Waals surface area contributed by atoms with Crippen LogP contribution in [0.15, 0.2) is 42.6 Å². The monoisotopic (exact) mass is 245 g/mol. The zero-order chi connectivity index (χ0) is 13.0. The van der Waals surface area contributed by atoms with Gasteiger partial charge in [-0.05, 0) is 11.6 Å². The molecule has 0 bridgehead atoms. The number of hydrogen-bond acceptors (Lipinski definition) is 4. The van der Waals surface area contributed by atoms with Crippen LogP contribution in [0.4, 0.5) is 0 Å². The van der Waals surface area contributed by atoms with Gasteiger partial charge >= 0.3 is 13.1 Å². The number of aromatic amines is 1. The molecule has 1 heterocycles. The highest BCUT2D eigenvalue weighted by Gasteiger charge is 2.16. The van der Waals surface area contributed by atoms with Crippen molar-refractivity contribution >= 4 is 18.6 Å². The summed E-state index contributed by atoms with van der Waals surface area (Å²) in [5.74, 6) is -0.536. The van der Waals surface area contributed by atoms with Crippen LogP contribution in [-0.2, 0) is 11.3 Å². The van der Waals surface area contributed by atoms with Gasteiger partial charge in [-0.25, -0.2) is 4.79 Å². The predicted octanol–water partition coefficient (Wildman–Crippen LogP) is 0.0515. The summed E-state index contributed by atoms with van der Waals surface area (Å²) in [5.41, 5.74) is 1.30. The third-order valence-corrected chi connectivity index (χ3v) is 2.44. The highest BCUT2D eigenvalue weighted by molar-refractivity contribution is 6.58. The molecule has 1 aromatic heterocycles. The Balaban J connectivity index is 1.95. The lowest BCUT2D eigenvalue weighted by molar-refractivity contribution is 0.0466. The molecule has 0 aliphatic heterocycles. The van der Waals surface area contributed by atoms with Crippen molar-refractivity contribution < 1.29 is 19.6 Å². The maximum atomic E-state index is 11.6. The summed E-state index contributed by atoms with van der Waals surface area (Å²) in [6.07, 6.45) is 1.35. The Morgan fingerprint density at radius 3 is 2.61 bits per heavy atom. The van der Waals surface area contributed by atoms with Gasteiger partial charge < -0.3 is 19.8 Å². The highest BCUT2D eigenvalue weighted by Crippen LogP contribution is 2.04. The molecule has 0 aliphatic carbocycles. The van der Waals surface area contributed by atoms with E-state index in [1.807, 2.05) is 30.3 Å². The first-order valence-corrected chi connectivity index (χ1v) is 5.42. The fourth-order valence-electron chi connectivity index (χ4n) is 1.48. The van der Waals surface area contributed by atoms with Crippen molar-refractivity contribution in [2.75, 3.05) is 0 Å². The van der Waals surface area contributed by atoms with Crippen LogP contribution < -0.4 is 5.46 Å². The largest absolute Gasteiger partial charge is 0.490 e. The molecule has 2 rings (SSSR count). The summed E-state index contributed by atoms with van der Waals surface area (Å²) in [6, 6.07) is 10.6. The predicted molar refractivity (Wildman–Crippen MR) is 66.2 cm³/mol. The second-order valence-corrected chi connectivity index (χ2v) is 3.78. The van der Waals surface area contributed by atoms with Crippen LogP contribution in [0.3, 0.4) is 0 Å². The number of rotatable bonds is 4. The first kappa shape index (κ1) is 12.4. The molecule has 0 aliphatic rings. The number of ether oxygens (including phenoxy) is 1. The van der Waals surface area contributed by atoms with E-state index in [9.17, 15) is 4.79 Å². The van der Waals surface area contributed by atoms with Gasteiger partial charge in [-0.2, -0.15) is 0 Å². The molecular formula is C12H12BNO4. The van der Waals surface area contributed by atoms with E-state index in [4.69, 9.17) is 14.8 Å². The molecule has 5 nitrogen and oxygen atoms in total. The van der Waals surface area contributed by atoms with Gasteiger partial charge in [0.25, 0.3) is 0 Å². The van der Waals surface area contributed by atoms with Crippen molar-refractivity contribution in [1.82, 2.24) is 4.98 Å². The van der Waals surface area contributed by atoms with Crippen LogP contribution in [0, 0.1) is 0 Å². The first-order valence-electron chi connectivity index (χ1n) is 5.42. The summed E-state index contributed by atoms with van der Waals surface area (Å²) in [7, 11) is -1.60. The maximum Gasteiger partial charge on any atom is 0.490 e. The number of nitrogens with one attached hydrogen (secondary N) is 1. The Hall–Kier alpha value is -2.05. The lowest BCUT2D eigenvalue weighted by Gasteiger charge is -2.02. The Kier molecular flexibility index (Phi) is 3.81. The lowest BCUT2D eigenvalue weighted by atomic mass is 9.82. The van der Waals surface area contributed by atoms with Crippen molar-refractivity contribution in [2.24, 2.45) is 0 Å². The molecular weight excluding hydrogens is 233 g/mol. The average Bonchev–Trinajstić information content (AvgIpc) is 2.87. The Labute approximate surface area is 104 Å². The Morgan fingerprint density at radius 1 is 1.28 bits per heavy atom. The summed E-state index contributed by atoms with van der Waals surface area (Å²) in [5, 5.41) is 17.8. The second-order valence-electron chi connectivity index (χ2n) is 3.78. The van der Waals surface area contributed by atoms with Crippen LogP contribution >= 0.6 is 0 Å². The third-order valence-electron chi connectivity index (χ3n) is 2.44. The summed E-state index contributed by atoms with van der Waals surface area (Å²) in [4.78, 5) is 14.3. The standard InChI is InChI=1S/C12H12BNO4/c15-12(11-6-10(7-14-11)13(16)17)18-8-9-4-2-1-3-5-9/h1-7,14,16-17H,8H2. The van der Waals surface area contributed by atoms with Crippen molar-refractivity contribution in [3.63, 3.8) is 0 Å². The molecule has 92 valence electrons. The molecule has 18 heavy (non-hydrogen) atoms. The zero-order valence-electron chi connectivity index (χ0n) is 9.54. The van der Waals surface area contributed by atoms with Gasteiger partial charge in [0.1, 0.15) is 12.3 Å². The zero-order valence-corrected chi connectivity index (χ0v) is 9.54. The molecule has 0 amide bonds. The van der Waals surface area contributed by atoms with E-state index < -0.39 is 13.1 Å². The quantitative estimate of drug-likeness (QED) is 0.525. The first-order chi connectivity index (χ1) is 8.66. The second kappa shape index (κ2) is 5.53. The van der Waals surface area contributed by atoms with Gasteiger partial charge in [-0.3, -0.25) is 0 Å².